The number of nitrogens with zero attached hydrogens (tertiary/aromatic N) is 2. The molecule has 1 heterocycles. The summed E-state index contributed by atoms with van der Waals surface area (Å²) in [7, 11) is 0. The van der Waals surface area contributed by atoms with E-state index in [0.717, 1.165) is 0 Å². The number of carboxylic acid groups (broad SMARTS) is 1. The van der Waals surface area contributed by atoms with E-state index in [9.17, 15) is 4.79 Å². The van der Waals surface area contributed by atoms with Crippen LogP contribution in [0, 0.1) is 0 Å². The molecule has 1 aliphatic rings. The van der Waals surface area contributed by atoms with Gasteiger partial charge in [-0.1, -0.05) is 0 Å². The molecule has 0 aromatic heterocycles. The number of hydrogen-bond donors (Lipinski definition) is 1. The maximum atomic E-state index is 10.4. The lowest BCUT2D eigenvalue weighted by atomic mass is 10.2. The van der Waals surface area contributed by atoms with Gasteiger partial charge >= 0.3 is 5.97 Å². The molecule has 1 atom stereocenters. The van der Waals surface area contributed by atoms with Crippen LogP contribution in [0.4, 0.5) is 0 Å². The summed E-state index contributed by atoms with van der Waals surface area (Å²) in [5.41, 5.74) is 0. The number of carbonyl (C=O) groups is 1. The van der Waals surface area contributed by atoms with Crippen molar-refractivity contribution >= 4 is 12.3 Å². The molecule has 4 heteroatoms. The molecule has 0 aromatic carbocycles. The van der Waals surface area contributed by atoms with Gasteiger partial charge in [-0.3, -0.25) is 4.79 Å². The van der Waals surface area contributed by atoms with E-state index in [4.69, 9.17) is 5.11 Å². The molecule has 0 spiro atoms. The van der Waals surface area contributed by atoms with Gasteiger partial charge in [-0.05, 0) is 19.1 Å². The molecule has 1 aliphatic heterocycles. The summed E-state index contributed by atoms with van der Waals surface area (Å²) >= 11 is 0. The van der Waals surface area contributed by atoms with Gasteiger partial charge in [-0.25, -0.2) is 4.99 Å². The van der Waals surface area contributed by atoms with Crippen molar-refractivity contribution < 1.29 is 9.90 Å². The molecule has 0 bridgehead atoms. The van der Waals surface area contributed by atoms with Crippen LogP contribution in [-0.4, -0.2) is 28.4 Å². The lowest BCUT2D eigenvalue weighted by Gasteiger charge is -2.20. The number of rotatable bonds is 3. The van der Waals surface area contributed by atoms with Crippen LogP contribution >= 0.6 is 0 Å². The van der Waals surface area contributed by atoms with Crippen LogP contribution in [0.15, 0.2) is 29.5 Å². The highest BCUT2D eigenvalue weighted by molar-refractivity contribution is 5.68. The topological polar surface area (TPSA) is 52.9 Å². The Morgan fingerprint density at radius 3 is 3.08 bits per heavy atom. The molecule has 0 aromatic rings. The third kappa shape index (κ3) is 3.11. The van der Waals surface area contributed by atoms with Crippen molar-refractivity contribution in [1.29, 1.82) is 0 Å². The van der Waals surface area contributed by atoms with Crippen molar-refractivity contribution in [3.05, 3.63) is 24.6 Å². The highest BCUT2D eigenvalue weighted by atomic mass is 16.4. The number of allylic oxidation sites excluding steroid dienone is 2. The first-order chi connectivity index (χ1) is 6.20. The van der Waals surface area contributed by atoms with Gasteiger partial charge in [0.1, 0.15) is 0 Å². The largest absolute Gasteiger partial charge is 0.481 e. The summed E-state index contributed by atoms with van der Waals surface area (Å²) in [6.07, 6.45) is 8.81. The second-order valence-corrected chi connectivity index (χ2v) is 2.84. The van der Waals surface area contributed by atoms with Crippen molar-refractivity contribution in [2.45, 2.75) is 19.4 Å². The first kappa shape index (κ1) is 9.51. The first-order valence-corrected chi connectivity index (χ1v) is 4.06. The Balaban J connectivity index is 2.56. The molecule has 0 aliphatic carbocycles. The molecule has 0 fully saturated rings. The predicted octanol–water partition coefficient (Wildman–Crippen LogP) is 1.22. The van der Waals surface area contributed by atoms with Gasteiger partial charge in [0.2, 0.25) is 0 Å². The fourth-order valence-corrected chi connectivity index (χ4v) is 1.02. The molecule has 13 heavy (non-hydrogen) atoms. The monoisotopic (exact) mass is 180 g/mol. The Kier molecular flexibility index (Phi) is 3.25. The van der Waals surface area contributed by atoms with E-state index in [1.54, 1.807) is 29.7 Å². The quantitative estimate of drug-likeness (QED) is 0.710. The Morgan fingerprint density at radius 2 is 2.38 bits per heavy atom. The lowest BCUT2D eigenvalue weighted by Crippen LogP contribution is -2.28. The van der Waals surface area contributed by atoms with Crippen molar-refractivity contribution in [2.24, 2.45) is 4.99 Å². The fraction of sp³-hybridized carbons (Fsp3) is 0.333. The molecule has 0 radical (unpaired) electrons. The minimum Gasteiger partial charge on any atom is -0.481 e. The van der Waals surface area contributed by atoms with E-state index >= 15 is 0 Å². The smallest absolute Gasteiger partial charge is 0.305 e. The van der Waals surface area contributed by atoms with Gasteiger partial charge in [-0.15, -0.1) is 0 Å². The molecule has 4 nitrogen and oxygen atoms in total. The van der Waals surface area contributed by atoms with Crippen molar-refractivity contribution in [2.75, 3.05) is 0 Å². The zero-order valence-corrected chi connectivity index (χ0v) is 7.42. The SMILES string of the molecule is CC(CC(=O)O)N1C=CC=CN=C1. The summed E-state index contributed by atoms with van der Waals surface area (Å²) < 4.78 is 0. The maximum absolute atomic E-state index is 10.4. The summed E-state index contributed by atoms with van der Waals surface area (Å²) in [5, 5.41) is 8.57. The van der Waals surface area contributed by atoms with E-state index in [1.165, 1.54) is 0 Å². The van der Waals surface area contributed by atoms with Crippen LogP contribution in [0.3, 0.4) is 0 Å². The van der Waals surface area contributed by atoms with Crippen molar-refractivity contribution in [1.82, 2.24) is 4.90 Å². The van der Waals surface area contributed by atoms with Crippen molar-refractivity contribution in [3.63, 3.8) is 0 Å². The molecular formula is C9H12N2O2. The minimum absolute atomic E-state index is 0.0719. The van der Waals surface area contributed by atoms with Crippen LogP contribution in [0.5, 0.6) is 0 Å². The van der Waals surface area contributed by atoms with Gasteiger partial charge in [0.25, 0.3) is 0 Å². The molecule has 1 N–H and O–H groups in total. The first-order valence-electron chi connectivity index (χ1n) is 4.06. The summed E-state index contributed by atoms with van der Waals surface area (Å²) in [5.74, 6) is -0.800. The number of aliphatic imine (C=N–C) groups is 1. The van der Waals surface area contributed by atoms with Crippen LogP contribution in [0.2, 0.25) is 0 Å². The Labute approximate surface area is 76.9 Å². The van der Waals surface area contributed by atoms with E-state index in [1.807, 2.05) is 13.0 Å². The fourth-order valence-electron chi connectivity index (χ4n) is 1.02. The number of aliphatic carboxylic acids is 1. The second-order valence-electron chi connectivity index (χ2n) is 2.84. The number of carboxylic acids is 1. The van der Waals surface area contributed by atoms with Crippen LogP contribution in [-0.2, 0) is 4.79 Å². The van der Waals surface area contributed by atoms with Crippen LogP contribution in [0.1, 0.15) is 13.3 Å². The lowest BCUT2D eigenvalue weighted by molar-refractivity contribution is -0.137. The molecule has 0 amide bonds. The van der Waals surface area contributed by atoms with Crippen LogP contribution in [0.25, 0.3) is 0 Å². The summed E-state index contributed by atoms with van der Waals surface area (Å²) in [4.78, 5) is 16.1. The third-order valence-corrected chi connectivity index (χ3v) is 1.72. The average Bonchev–Trinajstić information content (AvgIpc) is 2.29. The highest BCUT2D eigenvalue weighted by Gasteiger charge is 2.11. The van der Waals surface area contributed by atoms with E-state index in [0.29, 0.717) is 0 Å². The Morgan fingerprint density at radius 1 is 1.62 bits per heavy atom. The predicted molar refractivity (Wildman–Crippen MR) is 50.3 cm³/mol. The van der Waals surface area contributed by atoms with E-state index in [-0.39, 0.29) is 12.5 Å². The van der Waals surface area contributed by atoms with Gasteiger partial charge in [0, 0.05) is 18.4 Å². The van der Waals surface area contributed by atoms with Gasteiger partial charge in [0.05, 0.1) is 12.8 Å². The summed E-state index contributed by atoms with van der Waals surface area (Å²) in [6, 6.07) is -0.0719. The average molecular weight is 180 g/mol. The normalized spacial score (nSPS) is 17.2. The molecule has 0 saturated heterocycles. The molecule has 1 unspecified atom stereocenters. The zero-order chi connectivity index (χ0) is 9.68. The zero-order valence-electron chi connectivity index (χ0n) is 7.42. The van der Waals surface area contributed by atoms with E-state index in [2.05, 4.69) is 4.99 Å². The van der Waals surface area contributed by atoms with Crippen molar-refractivity contribution in [3.8, 4) is 0 Å². The number of hydrogen-bond acceptors (Lipinski definition) is 3. The highest BCUT2D eigenvalue weighted by Crippen LogP contribution is 2.04. The van der Waals surface area contributed by atoms with Gasteiger partial charge in [-0.2, -0.15) is 0 Å². The van der Waals surface area contributed by atoms with Gasteiger partial charge in [0.15, 0.2) is 0 Å². The Hall–Kier alpha value is -1.58. The molecule has 0 saturated carbocycles. The van der Waals surface area contributed by atoms with Crippen LogP contribution < -0.4 is 0 Å². The molecule has 1 rings (SSSR count). The van der Waals surface area contributed by atoms with E-state index < -0.39 is 5.97 Å². The van der Waals surface area contributed by atoms with Gasteiger partial charge < -0.3 is 10.0 Å². The summed E-state index contributed by atoms with van der Waals surface area (Å²) in [6.45, 7) is 1.84. The standard InChI is InChI=1S/C9H12N2O2/c1-8(6-9(12)13)11-5-3-2-4-10-7-11/h2-5,7-8H,6H2,1H3,(H,12,13). The maximum Gasteiger partial charge on any atom is 0.305 e. The molecule has 70 valence electrons. The third-order valence-electron chi connectivity index (χ3n) is 1.72. The molecular weight excluding hydrogens is 168 g/mol. The minimum atomic E-state index is -0.800. The second kappa shape index (κ2) is 4.45. The Bertz CT molecular complexity index is 253.